The Labute approximate surface area is 129 Å². The van der Waals surface area contributed by atoms with E-state index in [1.54, 1.807) is 0 Å². The molecule has 1 saturated heterocycles. The van der Waals surface area contributed by atoms with Gasteiger partial charge in [-0.05, 0) is 57.9 Å². The zero-order valence-corrected chi connectivity index (χ0v) is 13.9. The van der Waals surface area contributed by atoms with Crippen LogP contribution >= 0.6 is 0 Å². The van der Waals surface area contributed by atoms with Crippen molar-refractivity contribution in [1.29, 1.82) is 0 Å². The number of nitrogens with zero attached hydrogens (tertiary/aromatic N) is 1. The predicted molar refractivity (Wildman–Crippen MR) is 85.0 cm³/mol. The molecule has 1 aliphatic heterocycles. The highest BCUT2D eigenvalue weighted by atomic mass is 16.6. The number of piperidine rings is 1. The summed E-state index contributed by atoms with van der Waals surface area (Å²) in [6.07, 6.45) is 7.39. The van der Waals surface area contributed by atoms with Crippen molar-refractivity contribution in [1.82, 2.24) is 4.90 Å². The van der Waals surface area contributed by atoms with Crippen molar-refractivity contribution in [2.45, 2.75) is 64.9 Å². The summed E-state index contributed by atoms with van der Waals surface area (Å²) >= 11 is 0. The molecule has 21 heavy (non-hydrogen) atoms. The van der Waals surface area contributed by atoms with Gasteiger partial charge in [0.25, 0.3) is 0 Å². The van der Waals surface area contributed by atoms with Crippen LogP contribution in [0.5, 0.6) is 0 Å². The molecule has 4 nitrogen and oxygen atoms in total. The fourth-order valence-corrected chi connectivity index (χ4v) is 4.01. The first-order valence-corrected chi connectivity index (χ1v) is 8.58. The van der Waals surface area contributed by atoms with Crippen LogP contribution in [0.1, 0.15) is 59.3 Å². The van der Waals surface area contributed by atoms with Crippen molar-refractivity contribution >= 4 is 6.09 Å². The second-order valence-corrected chi connectivity index (χ2v) is 7.76. The third-order valence-corrected chi connectivity index (χ3v) is 5.00. The first kappa shape index (κ1) is 16.6. The second kappa shape index (κ2) is 6.99. The lowest BCUT2D eigenvalue weighted by Crippen LogP contribution is -2.47. The fourth-order valence-electron chi connectivity index (χ4n) is 4.01. The number of hydrogen-bond acceptors (Lipinski definition) is 3. The monoisotopic (exact) mass is 296 g/mol. The minimum atomic E-state index is -0.409. The maximum absolute atomic E-state index is 12.3. The number of carbonyl (C=O) groups excluding carboxylic acids is 1. The van der Waals surface area contributed by atoms with Crippen molar-refractivity contribution < 1.29 is 9.53 Å². The molecule has 2 rings (SSSR count). The summed E-state index contributed by atoms with van der Waals surface area (Å²) < 4.78 is 5.55. The van der Waals surface area contributed by atoms with E-state index < -0.39 is 5.60 Å². The Bertz CT molecular complexity index is 345. The van der Waals surface area contributed by atoms with Gasteiger partial charge in [0.1, 0.15) is 5.60 Å². The number of amides is 1. The molecule has 1 aliphatic carbocycles. The van der Waals surface area contributed by atoms with Gasteiger partial charge in [-0.3, -0.25) is 0 Å². The summed E-state index contributed by atoms with van der Waals surface area (Å²) in [5.74, 6) is 2.10. The van der Waals surface area contributed by atoms with E-state index in [1.807, 2.05) is 25.7 Å². The normalized spacial score (nSPS) is 27.9. The number of ether oxygens (including phenoxy) is 1. The molecule has 2 unspecified atom stereocenters. The van der Waals surface area contributed by atoms with Gasteiger partial charge in [-0.2, -0.15) is 0 Å². The first-order valence-electron chi connectivity index (χ1n) is 8.58. The van der Waals surface area contributed by atoms with Gasteiger partial charge in [0.05, 0.1) is 0 Å². The van der Waals surface area contributed by atoms with Crippen molar-refractivity contribution in [3.05, 3.63) is 0 Å². The van der Waals surface area contributed by atoms with Crippen LogP contribution in [0.15, 0.2) is 0 Å². The molecule has 2 N–H and O–H groups in total. The van der Waals surface area contributed by atoms with Crippen LogP contribution in [-0.4, -0.2) is 36.2 Å². The Morgan fingerprint density at radius 3 is 2.48 bits per heavy atom. The molecule has 2 fully saturated rings. The van der Waals surface area contributed by atoms with Crippen molar-refractivity contribution in [2.75, 3.05) is 19.6 Å². The molecule has 122 valence electrons. The maximum atomic E-state index is 12.3. The van der Waals surface area contributed by atoms with Crippen molar-refractivity contribution in [3.63, 3.8) is 0 Å². The standard InChI is InChI=1S/C17H32N2O2/c1-17(2,3)21-16(20)19-11-9-14(8-10-18)15(12-19)13-6-4-5-7-13/h13-15H,4-12,18H2,1-3H3. The van der Waals surface area contributed by atoms with E-state index in [0.717, 1.165) is 38.4 Å². The Kier molecular flexibility index (Phi) is 5.53. The number of rotatable bonds is 3. The molecule has 0 aromatic carbocycles. The van der Waals surface area contributed by atoms with E-state index in [-0.39, 0.29) is 6.09 Å². The van der Waals surface area contributed by atoms with Crippen LogP contribution in [0.2, 0.25) is 0 Å². The highest BCUT2D eigenvalue weighted by molar-refractivity contribution is 5.68. The number of hydrogen-bond donors (Lipinski definition) is 1. The van der Waals surface area contributed by atoms with E-state index in [2.05, 4.69) is 0 Å². The number of carbonyl (C=O) groups is 1. The molecule has 0 radical (unpaired) electrons. The SMILES string of the molecule is CC(C)(C)OC(=O)N1CCC(CCN)C(C2CCCC2)C1. The zero-order valence-electron chi connectivity index (χ0n) is 13.9. The highest BCUT2D eigenvalue weighted by Crippen LogP contribution is 2.40. The predicted octanol–water partition coefficient (Wildman–Crippen LogP) is 3.40. The average Bonchev–Trinajstić information content (AvgIpc) is 2.91. The van der Waals surface area contributed by atoms with E-state index in [1.165, 1.54) is 25.7 Å². The van der Waals surface area contributed by atoms with E-state index >= 15 is 0 Å². The molecule has 1 heterocycles. The van der Waals surface area contributed by atoms with E-state index in [4.69, 9.17) is 10.5 Å². The smallest absolute Gasteiger partial charge is 0.410 e. The van der Waals surface area contributed by atoms with Crippen LogP contribution in [-0.2, 0) is 4.74 Å². The average molecular weight is 296 g/mol. The molecule has 0 spiro atoms. The van der Waals surface area contributed by atoms with E-state index in [9.17, 15) is 4.79 Å². The van der Waals surface area contributed by atoms with Crippen LogP contribution < -0.4 is 5.73 Å². The Balaban J connectivity index is 1.99. The molecular formula is C17H32N2O2. The van der Waals surface area contributed by atoms with E-state index in [0.29, 0.717) is 11.8 Å². The summed E-state index contributed by atoms with van der Waals surface area (Å²) in [5, 5.41) is 0. The topological polar surface area (TPSA) is 55.6 Å². The summed E-state index contributed by atoms with van der Waals surface area (Å²) in [5.41, 5.74) is 5.38. The van der Waals surface area contributed by atoms with Crippen LogP contribution in [0.3, 0.4) is 0 Å². The minimum absolute atomic E-state index is 0.142. The van der Waals surface area contributed by atoms with Gasteiger partial charge in [-0.25, -0.2) is 4.79 Å². The third-order valence-electron chi connectivity index (χ3n) is 5.00. The van der Waals surface area contributed by atoms with Gasteiger partial charge in [-0.15, -0.1) is 0 Å². The molecule has 0 bridgehead atoms. The van der Waals surface area contributed by atoms with Gasteiger partial charge in [0.2, 0.25) is 0 Å². The molecular weight excluding hydrogens is 264 g/mol. The maximum Gasteiger partial charge on any atom is 0.410 e. The lowest BCUT2D eigenvalue weighted by Gasteiger charge is -2.41. The Hall–Kier alpha value is -0.770. The second-order valence-electron chi connectivity index (χ2n) is 7.76. The molecule has 1 amide bonds. The highest BCUT2D eigenvalue weighted by Gasteiger charge is 2.38. The summed E-state index contributed by atoms with van der Waals surface area (Å²) in [6.45, 7) is 8.24. The summed E-state index contributed by atoms with van der Waals surface area (Å²) in [7, 11) is 0. The van der Waals surface area contributed by atoms with Crippen LogP contribution in [0.4, 0.5) is 4.79 Å². The van der Waals surface area contributed by atoms with Gasteiger partial charge in [-0.1, -0.05) is 25.7 Å². The zero-order chi connectivity index (χ0) is 15.5. The Morgan fingerprint density at radius 1 is 1.24 bits per heavy atom. The van der Waals surface area contributed by atoms with Crippen LogP contribution in [0, 0.1) is 17.8 Å². The number of likely N-dealkylation sites (tertiary alicyclic amines) is 1. The van der Waals surface area contributed by atoms with Gasteiger partial charge < -0.3 is 15.4 Å². The summed E-state index contributed by atoms with van der Waals surface area (Å²) in [6, 6.07) is 0. The Morgan fingerprint density at radius 2 is 1.90 bits per heavy atom. The van der Waals surface area contributed by atoms with Gasteiger partial charge in [0, 0.05) is 13.1 Å². The molecule has 4 heteroatoms. The molecule has 0 aromatic heterocycles. The lowest BCUT2D eigenvalue weighted by atomic mass is 9.75. The summed E-state index contributed by atoms with van der Waals surface area (Å²) in [4.78, 5) is 14.2. The molecule has 2 aliphatic rings. The van der Waals surface area contributed by atoms with Crippen molar-refractivity contribution in [3.8, 4) is 0 Å². The largest absolute Gasteiger partial charge is 0.444 e. The first-order chi connectivity index (χ1) is 9.90. The lowest BCUT2D eigenvalue weighted by molar-refractivity contribution is 0.00326. The van der Waals surface area contributed by atoms with Gasteiger partial charge in [0.15, 0.2) is 0 Å². The molecule has 1 saturated carbocycles. The number of nitrogens with two attached hydrogens (primary N) is 1. The molecule has 0 aromatic rings. The third kappa shape index (κ3) is 4.60. The van der Waals surface area contributed by atoms with Crippen LogP contribution in [0.25, 0.3) is 0 Å². The quantitative estimate of drug-likeness (QED) is 0.868. The fraction of sp³-hybridized carbons (Fsp3) is 0.941. The minimum Gasteiger partial charge on any atom is -0.444 e. The van der Waals surface area contributed by atoms with Crippen molar-refractivity contribution in [2.24, 2.45) is 23.5 Å². The molecule has 2 atom stereocenters. The van der Waals surface area contributed by atoms with Gasteiger partial charge >= 0.3 is 6.09 Å².